The molecule has 0 radical (unpaired) electrons. The second kappa shape index (κ2) is 7.40. The molecule has 5 aliphatic carbocycles. The molecule has 0 aromatic carbocycles. The predicted molar refractivity (Wildman–Crippen MR) is 138 cm³/mol. The van der Waals surface area contributed by atoms with Crippen molar-refractivity contribution in [2.75, 3.05) is 20.6 Å². The number of carbonyl (C=O) groups excluding carboxylic acids is 1. The van der Waals surface area contributed by atoms with E-state index in [0.29, 0.717) is 52.1 Å². The molecule has 9 unspecified atom stereocenters. The molecule has 2 spiro atoms. The fourth-order valence-corrected chi connectivity index (χ4v) is 11.9. The van der Waals surface area contributed by atoms with Crippen LogP contribution in [0.1, 0.15) is 92.4 Å². The number of hydrogen-bond donors (Lipinski definition) is 2. The summed E-state index contributed by atoms with van der Waals surface area (Å²) in [7, 11) is 3.59. The summed E-state index contributed by atoms with van der Waals surface area (Å²) >= 11 is 0. The Kier molecular flexibility index (Phi) is 5.18. The summed E-state index contributed by atoms with van der Waals surface area (Å²) in [5.41, 5.74) is 1.72. The quantitative estimate of drug-likeness (QED) is 0.545. The minimum atomic E-state index is -0.134. The first kappa shape index (κ1) is 24.5. The monoisotopic (exact) mass is 486 g/mol. The van der Waals surface area contributed by atoms with Crippen molar-refractivity contribution in [1.82, 2.24) is 10.2 Å². The molecule has 5 heteroatoms. The molecule has 0 aromatic heterocycles. The average molecular weight is 487 g/mol. The molecule has 6 aliphatic rings. The number of aliphatic hydroxyl groups is 1. The Labute approximate surface area is 213 Å². The van der Waals surface area contributed by atoms with Gasteiger partial charge in [-0.25, -0.2) is 4.79 Å². The molecule has 2 N–H and O–H groups in total. The van der Waals surface area contributed by atoms with Crippen molar-refractivity contribution in [3.05, 3.63) is 0 Å². The van der Waals surface area contributed by atoms with E-state index < -0.39 is 0 Å². The molecule has 2 amide bonds. The third-order valence-electron chi connectivity index (χ3n) is 13.6. The highest BCUT2D eigenvalue weighted by molar-refractivity contribution is 5.73. The van der Waals surface area contributed by atoms with Crippen LogP contribution in [0.3, 0.4) is 0 Å². The van der Waals surface area contributed by atoms with Crippen molar-refractivity contribution in [3.63, 3.8) is 0 Å². The predicted octanol–water partition coefficient (Wildman–Crippen LogP) is 5.46. The molecule has 1 saturated heterocycles. The molecule has 6 fully saturated rings. The number of hydrogen-bond acceptors (Lipinski definition) is 3. The van der Waals surface area contributed by atoms with Gasteiger partial charge in [0.25, 0.3) is 0 Å². The molecule has 5 saturated carbocycles. The Morgan fingerprint density at radius 3 is 2.40 bits per heavy atom. The number of aliphatic hydroxyl groups excluding tert-OH is 1. The summed E-state index contributed by atoms with van der Waals surface area (Å²) in [5.74, 6) is 2.74. The lowest BCUT2D eigenvalue weighted by Gasteiger charge is -2.63. The second-order valence-electron chi connectivity index (χ2n) is 15.2. The van der Waals surface area contributed by atoms with Crippen molar-refractivity contribution in [2.45, 2.75) is 111 Å². The Bertz CT molecular complexity index is 904. The van der Waals surface area contributed by atoms with Crippen molar-refractivity contribution in [3.8, 4) is 0 Å². The maximum absolute atomic E-state index is 12.1. The lowest BCUT2D eigenvalue weighted by molar-refractivity contribution is -0.166. The minimum absolute atomic E-state index is 0.0272. The SMILES string of the molecule is C[C@@H]1CC(CNC(=O)N(C)C)OC2C[C@@]3(C)C4CCC5C(C)(C)C(O)CCC56CC46CCC3(C)C21. The van der Waals surface area contributed by atoms with E-state index >= 15 is 0 Å². The van der Waals surface area contributed by atoms with E-state index in [-0.39, 0.29) is 23.7 Å². The number of fused-ring (bicyclic) bond motifs is 4. The normalized spacial score (nSPS) is 55.5. The maximum atomic E-state index is 12.1. The van der Waals surface area contributed by atoms with Gasteiger partial charge in [-0.15, -0.1) is 0 Å². The standard InChI is InChI=1S/C30H50N2O3/c1-18-14-19(16-31-25(34)32(6)7)35-20-15-28(5)22-9-8-21-26(2,3)23(33)10-11-29(21)17-30(22,29)13-12-27(28,4)24(18)20/h18-24,33H,8-17H2,1-7H3,(H,31,34)/t18-,19?,20?,21?,22?,23?,24?,27?,28+,29?,30?/m1/s1. The summed E-state index contributed by atoms with van der Waals surface area (Å²) in [6, 6.07) is -0.0272. The lowest BCUT2D eigenvalue weighted by Crippen LogP contribution is -2.58. The summed E-state index contributed by atoms with van der Waals surface area (Å²) in [4.78, 5) is 13.7. The average Bonchev–Trinajstić information content (AvgIpc) is 3.38. The minimum Gasteiger partial charge on any atom is -0.393 e. The largest absolute Gasteiger partial charge is 0.393 e. The molecule has 1 aliphatic heterocycles. The third-order valence-corrected chi connectivity index (χ3v) is 13.6. The van der Waals surface area contributed by atoms with Gasteiger partial charge >= 0.3 is 6.03 Å². The molecular formula is C30H50N2O3. The van der Waals surface area contributed by atoms with Crippen LogP contribution < -0.4 is 5.32 Å². The zero-order valence-electron chi connectivity index (χ0n) is 23.3. The van der Waals surface area contributed by atoms with Gasteiger partial charge in [0, 0.05) is 20.6 Å². The number of urea groups is 1. The van der Waals surface area contributed by atoms with Crippen LogP contribution in [0.5, 0.6) is 0 Å². The fourth-order valence-electron chi connectivity index (χ4n) is 11.9. The molecule has 1 heterocycles. The topological polar surface area (TPSA) is 61.8 Å². The zero-order chi connectivity index (χ0) is 25.2. The summed E-state index contributed by atoms with van der Waals surface area (Å²) in [6.07, 6.45) is 11.6. The van der Waals surface area contributed by atoms with E-state index in [0.717, 1.165) is 18.8 Å². The van der Waals surface area contributed by atoms with E-state index in [4.69, 9.17) is 4.74 Å². The third kappa shape index (κ3) is 2.92. The van der Waals surface area contributed by atoms with Crippen LogP contribution in [0.4, 0.5) is 4.79 Å². The zero-order valence-corrected chi connectivity index (χ0v) is 23.3. The summed E-state index contributed by atoms with van der Waals surface area (Å²) < 4.78 is 6.85. The number of ether oxygens (including phenoxy) is 1. The molecule has 5 nitrogen and oxygen atoms in total. The van der Waals surface area contributed by atoms with Gasteiger partial charge in [0.15, 0.2) is 0 Å². The van der Waals surface area contributed by atoms with Gasteiger partial charge in [-0.3, -0.25) is 0 Å². The second-order valence-corrected chi connectivity index (χ2v) is 15.2. The molecule has 35 heavy (non-hydrogen) atoms. The van der Waals surface area contributed by atoms with E-state index in [1.54, 1.807) is 19.0 Å². The molecular weight excluding hydrogens is 436 g/mol. The van der Waals surface area contributed by atoms with Crippen LogP contribution in [0.15, 0.2) is 0 Å². The highest BCUT2D eigenvalue weighted by Crippen LogP contribution is 2.89. The van der Waals surface area contributed by atoms with Crippen LogP contribution in [0, 0.1) is 50.7 Å². The molecule has 198 valence electrons. The van der Waals surface area contributed by atoms with Crippen LogP contribution in [-0.2, 0) is 4.74 Å². The van der Waals surface area contributed by atoms with E-state index in [1.807, 2.05) is 0 Å². The van der Waals surface area contributed by atoms with Crippen LogP contribution in [0.2, 0.25) is 0 Å². The Morgan fingerprint density at radius 2 is 1.69 bits per heavy atom. The molecule has 11 atom stereocenters. The molecule has 6 rings (SSSR count). The Hall–Kier alpha value is -0.810. The van der Waals surface area contributed by atoms with Crippen LogP contribution in [-0.4, -0.2) is 55.0 Å². The summed E-state index contributed by atoms with van der Waals surface area (Å²) in [6.45, 7) is 13.1. The first-order valence-electron chi connectivity index (χ1n) is 14.6. The Morgan fingerprint density at radius 1 is 1.00 bits per heavy atom. The number of amides is 2. The fraction of sp³-hybridized carbons (Fsp3) is 0.967. The Balaban J connectivity index is 1.26. The number of rotatable bonds is 2. The van der Waals surface area contributed by atoms with Crippen LogP contribution in [0.25, 0.3) is 0 Å². The number of nitrogens with one attached hydrogen (secondary N) is 1. The van der Waals surface area contributed by atoms with E-state index in [9.17, 15) is 9.90 Å². The van der Waals surface area contributed by atoms with E-state index in [2.05, 4.69) is 39.9 Å². The van der Waals surface area contributed by atoms with Gasteiger partial charge in [-0.1, -0.05) is 34.6 Å². The smallest absolute Gasteiger partial charge is 0.316 e. The van der Waals surface area contributed by atoms with Crippen molar-refractivity contribution in [2.24, 2.45) is 50.7 Å². The maximum Gasteiger partial charge on any atom is 0.316 e. The molecule has 0 bridgehead atoms. The highest BCUT2D eigenvalue weighted by atomic mass is 16.5. The first-order valence-corrected chi connectivity index (χ1v) is 14.6. The van der Waals surface area contributed by atoms with Gasteiger partial charge in [-0.05, 0) is 109 Å². The van der Waals surface area contributed by atoms with Gasteiger partial charge in [-0.2, -0.15) is 0 Å². The van der Waals surface area contributed by atoms with Crippen molar-refractivity contribution >= 4 is 6.03 Å². The lowest BCUT2D eigenvalue weighted by atomic mass is 9.41. The van der Waals surface area contributed by atoms with Crippen molar-refractivity contribution in [1.29, 1.82) is 0 Å². The van der Waals surface area contributed by atoms with Crippen LogP contribution >= 0.6 is 0 Å². The van der Waals surface area contributed by atoms with Gasteiger partial charge in [0.2, 0.25) is 0 Å². The van der Waals surface area contributed by atoms with Gasteiger partial charge < -0.3 is 20.1 Å². The summed E-state index contributed by atoms with van der Waals surface area (Å²) in [5, 5.41) is 14.0. The van der Waals surface area contributed by atoms with Gasteiger partial charge in [0.05, 0.1) is 18.3 Å². The highest BCUT2D eigenvalue weighted by Gasteiger charge is 2.83. The van der Waals surface area contributed by atoms with Crippen molar-refractivity contribution < 1.29 is 14.6 Å². The number of carbonyl (C=O) groups is 1. The molecule has 0 aromatic rings. The van der Waals surface area contributed by atoms with Gasteiger partial charge in [0.1, 0.15) is 0 Å². The van der Waals surface area contributed by atoms with E-state index in [1.165, 1.54) is 44.9 Å². The first-order chi connectivity index (χ1) is 16.3. The number of nitrogens with zero attached hydrogens (tertiary/aromatic N) is 1.